The van der Waals surface area contributed by atoms with Gasteiger partial charge < -0.3 is 14.4 Å². The zero-order valence-corrected chi connectivity index (χ0v) is 18.7. The lowest BCUT2D eigenvalue weighted by Gasteiger charge is -2.41. The molecule has 0 N–H and O–H groups in total. The Labute approximate surface area is 175 Å². The van der Waals surface area contributed by atoms with Gasteiger partial charge in [0.2, 0.25) is 5.91 Å². The Balaban J connectivity index is 1.51. The molecule has 1 aromatic rings. The van der Waals surface area contributed by atoms with E-state index in [2.05, 4.69) is 47.6 Å². The maximum atomic E-state index is 13.0. The van der Waals surface area contributed by atoms with E-state index in [0.29, 0.717) is 17.7 Å². The molecule has 3 atom stereocenters. The van der Waals surface area contributed by atoms with Crippen LogP contribution < -0.4 is 9.47 Å². The summed E-state index contributed by atoms with van der Waals surface area (Å²) in [6.45, 7) is 13.1. The Kier molecular flexibility index (Phi) is 7.41. The highest BCUT2D eigenvalue weighted by Crippen LogP contribution is 2.28. The van der Waals surface area contributed by atoms with E-state index in [4.69, 9.17) is 9.47 Å². The number of ether oxygens (including phenoxy) is 2. The van der Waals surface area contributed by atoms with Crippen molar-refractivity contribution in [3.8, 4) is 11.5 Å². The molecule has 0 aliphatic carbocycles. The number of benzene rings is 1. The Morgan fingerprint density at radius 2 is 1.66 bits per heavy atom. The van der Waals surface area contributed by atoms with E-state index in [1.807, 2.05) is 6.07 Å². The number of carbonyl (C=O) groups is 1. The van der Waals surface area contributed by atoms with Gasteiger partial charge in [0.25, 0.3) is 0 Å². The number of carbonyl (C=O) groups excluding carboxylic acids is 1. The third-order valence-electron chi connectivity index (χ3n) is 6.35. The number of nitrogens with zero attached hydrogens (tertiary/aromatic N) is 3. The van der Waals surface area contributed by atoms with Gasteiger partial charge in [-0.15, -0.1) is 0 Å². The van der Waals surface area contributed by atoms with E-state index in [1.165, 1.54) is 12.0 Å². The molecule has 162 valence electrons. The predicted octanol–water partition coefficient (Wildman–Crippen LogP) is 2.71. The molecule has 0 aromatic heterocycles. The van der Waals surface area contributed by atoms with Crippen molar-refractivity contribution in [1.29, 1.82) is 0 Å². The molecule has 1 amide bonds. The topological polar surface area (TPSA) is 45.2 Å². The summed E-state index contributed by atoms with van der Waals surface area (Å²) >= 11 is 0. The minimum absolute atomic E-state index is 0.0317. The third kappa shape index (κ3) is 5.43. The standard InChI is InChI=1S/C23H37N3O3/c1-17-12-18(2)15-26(14-17)23(27)19(3)25-10-8-24(9-11-25)16-20-6-7-21(28-4)22(13-20)29-5/h6-7,13,17-19H,8-12,14-16H2,1-5H3/t17-,18-,19+/m0/s1. The molecule has 29 heavy (non-hydrogen) atoms. The Morgan fingerprint density at radius 3 is 2.24 bits per heavy atom. The van der Waals surface area contributed by atoms with Crippen molar-refractivity contribution in [2.45, 2.75) is 39.8 Å². The Bertz CT molecular complexity index is 678. The van der Waals surface area contributed by atoms with E-state index in [0.717, 1.165) is 57.3 Å². The van der Waals surface area contributed by atoms with Gasteiger partial charge in [-0.05, 0) is 42.9 Å². The van der Waals surface area contributed by atoms with Crippen LogP contribution in [0.15, 0.2) is 18.2 Å². The van der Waals surface area contributed by atoms with E-state index in [1.54, 1.807) is 14.2 Å². The van der Waals surface area contributed by atoms with Crippen LogP contribution in [0.25, 0.3) is 0 Å². The molecule has 0 unspecified atom stereocenters. The fourth-order valence-corrected chi connectivity index (χ4v) is 4.81. The number of piperidine rings is 1. The van der Waals surface area contributed by atoms with E-state index in [9.17, 15) is 4.79 Å². The highest BCUT2D eigenvalue weighted by atomic mass is 16.5. The molecule has 2 aliphatic rings. The van der Waals surface area contributed by atoms with Crippen molar-refractivity contribution in [1.82, 2.24) is 14.7 Å². The zero-order valence-electron chi connectivity index (χ0n) is 18.7. The Hall–Kier alpha value is -1.79. The molecule has 6 heteroatoms. The smallest absolute Gasteiger partial charge is 0.239 e. The minimum atomic E-state index is -0.0317. The van der Waals surface area contributed by atoms with Crippen LogP contribution in [0.5, 0.6) is 11.5 Å². The highest BCUT2D eigenvalue weighted by Gasteiger charge is 2.32. The summed E-state index contributed by atoms with van der Waals surface area (Å²) in [6, 6.07) is 6.08. The van der Waals surface area contributed by atoms with Crippen molar-refractivity contribution >= 4 is 5.91 Å². The minimum Gasteiger partial charge on any atom is -0.493 e. The SMILES string of the molecule is COc1ccc(CN2CCN([C@H](C)C(=O)N3C[C@@H](C)C[C@H](C)C3)CC2)cc1OC. The summed E-state index contributed by atoms with van der Waals surface area (Å²) in [5.74, 6) is 3.04. The zero-order chi connectivity index (χ0) is 21.0. The van der Waals surface area contributed by atoms with E-state index >= 15 is 0 Å². The molecule has 2 heterocycles. The predicted molar refractivity (Wildman–Crippen MR) is 115 cm³/mol. The molecule has 2 fully saturated rings. The van der Waals surface area contributed by atoms with Crippen LogP contribution >= 0.6 is 0 Å². The molecule has 6 nitrogen and oxygen atoms in total. The first-order valence-electron chi connectivity index (χ1n) is 10.9. The van der Waals surface area contributed by atoms with Gasteiger partial charge in [0.1, 0.15) is 0 Å². The normalized spacial score (nSPS) is 24.9. The molecule has 2 saturated heterocycles. The number of amides is 1. The Morgan fingerprint density at radius 1 is 1.03 bits per heavy atom. The van der Waals surface area contributed by atoms with Crippen molar-refractivity contribution in [3.05, 3.63) is 23.8 Å². The lowest BCUT2D eigenvalue weighted by atomic mass is 9.91. The van der Waals surface area contributed by atoms with Gasteiger partial charge in [-0.3, -0.25) is 14.6 Å². The first-order valence-corrected chi connectivity index (χ1v) is 10.9. The van der Waals surface area contributed by atoms with Gasteiger partial charge in [0, 0.05) is 45.8 Å². The molecule has 0 bridgehead atoms. The van der Waals surface area contributed by atoms with Gasteiger partial charge in [-0.25, -0.2) is 0 Å². The van der Waals surface area contributed by atoms with Crippen LogP contribution in [0.1, 0.15) is 32.8 Å². The van der Waals surface area contributed by atoms with Crippen molar-refractivity contribution in [2.24, 2.45) is 11.8 Å². The largest absolute Gasteiger partial charge is 0.493 e. The lowest BCUT2D eigenvalue weighted by Crippen LogP contribution is -2.56. The van der Waals surface area contributed by atoms with Crippen LogP contribution in [0.4, 0.5) is 0 Å². The fourth-order valence-electron chi connectivity index (χ4n) is 4.81. The number of rotatable bonds is 6. The fraction of sp³-hybridized carbons (Fsp3) is 0.696. The number of hydrogen-bond acceptors (Lipinski definition) is 5. The summed E-state index contributed by atoms with van der Waals surface area (Å²) in [5, 5.41) is 0. The summed E-state index contributed by atoms with van der Waals surface area (Å²) < 4.78 is 10.7. The highest BCUT2D eigenvalue weighted by molar-refractivity contribution is 5.81. The van der Waals surface area contributed by atoms with Crippen molar-refractivity contribution in [3.63, 3.8) is 0 Å². The summed E-state index contributed by atoms with van der Waals surface area (Å²) in [4.78, 5) is 19.9. The van der Waals surface area contributed by atoms with Crippen LogP contribution in [0, 0.1) is 11.8 Å². The number of hydrogen-bond donors (Lipinski definition) is 0. The summed E-state index contributed by atoms with van der Waals surface area (Å²) in [5.41, 5.74) is 1.22. The lowest BCUT2D eigenvalue weighted by molar-refractivity contribution is -0.139. The van der Waals surface area contributed by atoms with Crippen LogP contribution in [-0.2, 0) is 11.3 Å². The molecular formula is C23H37N3O3. The summed E-state index contributed by atoms with van der Waals surface area (Å²) in [7, 11) is 3.33. The third-order valence-corrected chi connectivity index (χ3v) is 6.35. The second-order valence-corrected chi connectivity index (χ2v) is 8.87. The number of methoxy groups -OCH3 is 2. The first kappa shape index (κ1) is 21.9. The van der Waals surface area contributed by atoms with Crippen LogP contribution in [0.3, 0.4) is 0 Å². The maximum absolute atomic E-state index is 13.0. The second-order valence-electron chi connectivity index (χ2n) is 8.87. The molecule has 0 spiro atoms. The molecule has 1 aromatic carbocycles. The van der Waals surface area contributed by atoms with Crippen molar-refractivity contribution < 1.29 is 14.3 Å². The average Bonchev–Trinajstić information content (AvgIpc) is 2.72. The maximum Gasteiger partial charge on any atom is 0.239 e. The number of likely N-dealkylation sites (tertiary alicyclic amines) is 1. The average molecular weight is 404 g/mol. The molecular weight excluding hydrogens is 366 g/mol. The van der Waals surface area contributed by atoms with Crippen LogP contribution in [0.2, 0.25) is 0 Å². The second kappa shape index (κ2) is 9.81. The van der Waals surface area contributed by atoms with Gasteiger partial charge in [-0.2, -0.15) is 0 Å². The molecule has 3 rings (SSSR count). The molecule has 0 saturated carbocycles. The van der Waals surface area contributed by atoms with Gasteiger partial charge in [0.15, 0.2) is 11.5 Å². The molecule has 0 radical (unpaired) electrons. The first-order chi connectivity index (χ1) is 13.9. The van der Waals surface area contributed by atoms with Gasteiger partial charge in [0.05, 0.1) is 20.3 Å². The number of piperazine rings is 1. The quantitative estimate of drug-likeness (QED) is 0.731. The van der Waals surface area contributed by atoms with Crippen LogP contribution in [-0.4, -0.2) is 80.1 Å². The summed E-state index contributed by atoms with van der Waals surface area (Å²) in [6.07, 6.45) is 1.23. The monoisotopic (exact) mass is 403 g/mol. The molecule has 2 aliphatic heterocycles. The van der Waals surface area contributed by atoms with E-state index < -0.39 is 0 Å². The van der Waals surface area contributed by atoms with E-state index in [-0.39, 0.29) is 6.04 Å². The van der Waals surface area contributed by atoms with Gasteiger partial charge in [-0.1, -0.05) is 19.9 Å². The van der Waals surface area contributed by atoms with Crippen molar-refractivity contribution in [2.75, 3.05) is 53.5 Å². The van der Waals surface area contributed by atoms with Gasteiger partial charge >= 0.3 is 0 Å².